The van der Waals surface area contributed by atoms with Crippen LogP contribution in [0.4, 0.5) is 20.0 Å². The van der Waals surface area contributed by atoms with Crippen LogP contribution in [0.3, 0.4) is 0 Å². The third-order valence-corrected chi connectivity index (χ3v) is 5.32. The number of unbranched alkanes of at least 4 members (excludes halogenated alkanes) is 1. The summed E-state index contributed by atoms with van der Waals surface area (Å²) in [5, 5.41) is 8.31. The van der Waals surface area contributed by atoms with E-state index in [9.17, 15) is 14.0 Å². The second-order valence-corrected chi connectivity index (χ2v) is 7.45. The molecule has 0 radical (unpaired) electrons. The molecule has 6 nitrogen and oxygen atoms in total. The number of aromatic nitrogens is 1. The summed E-state index contributed by atoms with van der Waals surface area (Å²) in [5.74, 6) is -0.883. The van der Waals surface area contributed by atoms with Crippen molar-refractivity contribution in [3.63, 3.8) is 0 Å². The van der Waals surface area contributed by atoms with Crippen LogP contribution in [-0.2, 0) is 0 Å². The average Bonchev–Trinajstić information content (AvgIpc) is 2.97. The van der Waals surface area contributed by atoms with Gasteiger partial charge in [0.25, 0.3) is 5.91 Å². The number of thiazole rings is 1. The maximum absolute atomic E-state index is 14.5. The number of aryl methyl sites for hydroxylation is 3. The summed E-state index contributed by atoms with van der Waals surface area (Å²) >= 11 is 1.06. The van der Waals surface area contributed by atoms with Crippen molar-refractivity contribution in [1.82, 2.24) is 10.3 Å². The van der Waals surface area contributed by atoms with E-state index in [-0.39, 0.29) is 11.7 Å². The van der Waals surface area contributed by atoms with E-state index in [1.165, 1.54) is 0 Å². The standard InChI is InChI=1S/C19H25FN4O2S/c1-6-7-8-21-18(26)24-19-22-13(5)16(27-19)17(25)23-15-11(3)9-10(2)12(4)14(15)20/h9H,6-8H2,1-5H3,(H,23,25)(H2,21,22,24,26). The Morgan fingerprint density at radius 2 is 1.85 bits per heavy atom. The van der Waals surface area contributed by atoms with Gasteiger partial charge in [-0.3, -0.25) is 10.1 Å². The molecule has 0 aliphatic rings. The summed E-state index contributed by atoms with van der Waals surface area (Å²) in [6.07, 6.45) is 1.87. The molecule has 1 aromatic heterocycles. The summed E-state index contributed by atoms with van der Waals surface area (Å²) in [7, 11) is 0. The largest absolute Gasteiger partial charge is 0.338 e. The number of carbonyl (C=O) groups is 2. The van der Waals surface area contributed by atoms with Gasteiger partial charge in [-0.15, -0.1) is 0 Å². The van der Waals surface area contributed by atoms with Gasteiger partial charge >= 0.3 is 6.03 Å². The molecule has 1 heterocycles. The Bertz CT molecular complexity index is 864. The first kappa shape index (κ1) is 20.8. The fourth-order valence-corrected chi connectivity index (χ4v) is 3.40. The van der Waals surface area contributed by atoms with Gasteiger partial charge in [-0.25, -0.2) is 14.2 Å². The zero-order valence-corrected chi connectivity index (χ0v) is 17.1. The van der Waals surface area contributed by atoms with Crippen LogP contribution in [0.15, 0.2) is 6.07 Å². The molecular formula is C19H25FN4O2S. The molecule has 0 aliphatic heterocycles. The molecule has 2 rings (SSSR count). The van der Waals surface area contributed by atoms with Gasteiger partial charge in [0.1, 0.15) is 10.7 Å². The van der Waals surface area contributed by atoms with E-state index in [1.54, 1.807) is 20.8 Å². The number of hydrogen-bond donors (Lipinski definition) is 3. The number of urea groups is 1. The lowest BCUT2D eigenvalue weighted by Gasteiger charge is -2.13. The highest BCUT2D eigenvalue weighted by molar-refractivity contribution is 7.17. The monoisotopic (exact) mass is 392 g/mol. The van der Waals surface area contributed by atoms with E-state index >= 15 is 0 Å². The van der Waals surface area contributed by atoms with Gasteiger partial charge in [-0.1, -0.05) is 30.7 Å². The molecule has 27 heavy (non-hydrogen) atoms. The fraction of sp³-hybridized carbons (Fsp3) is 0.421. The van der Waals surface area contributed by atoms with Crippen LogP contribution in [0, 0.1) is 33.5 Å². The lowest BCUT2D eigenvalue weighted by atomic mass is 10.0. The van der Waals surface area contributed by atoms with E-state index in [0.29, 0.717) is 33.4 Å². The van der Waals surface area contributed by atoms with Crippen molar-refractivity contribution in [2.24, 2.45) is 0 Å². The molecule has 146 valence electrons. The molecule has 0 saturated heterocycles. The third kappa shape index (κ3) is 5.03. The van der Waals surface area contributed by atoms with E-state index < -0.39 is 11.7 Å². The summed E-state index contributed by atoms with van der Waals surface area (Å²) in [6, 6.07) is 1.47. The predicted molar refractivity (Wildman–Crippen MR) is 107 cm³/mol. The Balaban J connectivity index is 2.13. The van der Waals surface area contributed by atoms with Crippen LogP contribution in [0.5, 0.6) is 0 Å². The van der Waals surface area contributed by atoms with E-state index in [1.807, 2.05) is 19.9 Å². The van der Waals surface area contributed by atoms with E-state index in [2.05, 4.69) is 20.9 Å². The summed E-state index contributed by atoms with van der Waals surface area (Å²) in [5.41, 5.74) is 2.63. The predicted octanol–water partition coefficient (Wildman–Crippen LogP) is 4.69. The summed E-state index contributed by atoms with van der Waals surface area (Å²) < 4.78 is 14.5. The highest BCUT2D eigenvalue weighted by atomic mass is 32.1. The van der Waals surface area contributed by atoms with Gasteiger partial charge < -0.3 is 10.6 Å². The molecule has 1 aromatic carbocycles. The topological polar surface area (TPSA) is 83.1 Å². The summed E-state index contributed by atoms with van der Waals surface area (Å²) in [4.78, 5) is 29.0. The number of nitrogens with zero attached hydrogens (tertiary/aromatic N) is 1. The molecule has 0 atom stereocenters. The molecule has 0 unspecified atom stereocenters. The maximum Gasteiger partial charge on any atom is 0.321 e. The van der Waals surface area contributed by atoms with Crippen molar-refractivity contribution in [3.05, 3.63) is 39.1 Å². The number of anilines is 2. The van der Waals surface area contributed by atoms with Crippen molar-refractivity contribution in [2.75, 3.05) is 17.2 Å². The normalized spacial score (nSPS) is 10.6. The molecule has 8 heteroatoms. The van der Waals surface area contributed by atoms with Crippen molar-refractivity contribution < 1.29 is 14.0 Å². The van der Waals surface area contributed by atoms with E-state index in [4.69, 9.17) is 0 Å². The number of carbonyl (C=O) groups excluding carboxylic acids is 2. The number of hydrogen-bond acceptors (Lipinski definition) is 4. The maximum atomic E-state index is 14.5. The van der Waals surface area contributed by atoms with Crippen LogP contribution >= 0.6 is 11.3 Å². The SMILES string of the molecule is CCCCNC(=O)Nc1nc(C)c(C(=O)Nc2c(C)cc(C)c(C)c2F)s1. The molecule has 3 N–H and O–H groups in total. The van der Waals surface area contributed by atoms with Crippen LogP contribution < -0.4 is 16.0 Å². The number of benzene rings is 1. The second kappa shape index (κ2) is 8.94. The first-order chi connectivity index (χ1) is 12.7. The third-order valence-electron chi connectivity index (χ3n) is 4.25. The first-order valence-corrected chi connectivity index (χ1v) is 9.66. The molecular weight excluding hydrogens is 367 g/mol. The Hall–Kier alpha value is -2.48. The minimum Gasteiger partial charge on any atom is -0.338 e. The highest BCUT2D eigenvalue weighted by Gasteiger charge is 2.20. The lowest BCUT2D eigenvalue weighted by molar-refractivity contribution is 0.102. The number of halogens is 1. The Morgan fingerprint density at radius 1 is 1.15 bits per heavy atom. The molecule has 0 bridgehead atoms. The van der Waals surface area contributed by atoms with Crippen molar-refractivity contribution in [3.8, 4) is 0 Å². The Morgan fingerprint density at radius 3 is 2.52 bits per heavy atom. The van der Waals surface area contributed by atoms with Gasteiger partial charge in [0, 0.05) is 6.54 Å². The van der Waals surface area contributed by atoms with Gasteiger partial charge in [0.2, 0.25) is 0 Å². The number of rotatable bonds is 6. The van der Waals surface area contributed by atoms with Gasteiger partial charge in [0.05, 0.1) is 11.4 Å². The van der Waals surface area contributed by atoms with Crippen LogP contribution in [0.1, 0.15) is 51.8 Å². The minimum atomic E-state index is -0.449. The molecule has 0 aliphatic carbocycles. The van der Waals surface area contributed by atoms with Crippen molar-refractivity contribution in [2.45, 2.75) is 47.5 Å². The number of amides is 3. The van der Waals surface area contributed by atoms with Crippen molar-refractivity contribution in [1.29, 1.82) is 0 Å². The van der Waals surface area contributed by atoms with Gasteiger partial charge in [-0.05, 0) is 50.8 Å². The van der Waals surface area contributed by atoms with Crippen LogP contribution in [-0.4, -0.2) is 23.5 Å². The van der Waals surface area contributed by atoms with Crippen LogP contribution in [0.2, 0.25) is 0 Å². The Labute approximate surface area is 162 Å². The van der Waals surface area contributed by atoms with Crippen LogP contribution in [0.25, 0.3) is 0 Å². The zero-order chi connectivity index (χ0) is 20.1. The molecule has 2 aromatic rings. The Kier molecular flexibility index (Phi) is 6.90. The number of nitrogens with one attached hydrogen (secondary N) is 3. The smallest absolute Gasteiger partial charge is 0.321 e. The summed E-state index contributed by atoms with van der Waals surface area (Å²) in [6.45, 7) is 9.54. The quantitative estimate of drug-likeness (QED) is 0.624. The second-order valence-electron chi connectivity index (χ2n) is 6.45. The highest BCUT2D eigenvalue weighted by Crippen LogP contribution is 2.28. The van der Waals surface area contributed by atoms with E-state index in [0.717, 1.165) is 29.7 Å². The molecule has 0 fully saturated rings. The average molecular weight is 393 g/mol. The van der Waals surface area contributed by atoms with Crippen molar-refractivity contribution >= 4 is 34.1 Å². The fourth-order valence-electron chi connectivity index (χ4n) is 2.54. The molecule has 3 amide bonds. The molecule has 0 saturated carbocycles. The zero-order valence-electron chi connectivity index (χ0n) is 16.2. The molecule has 0 spiro atoms. The minimum absolute atomic E-state index is 0.169. The lowest BCUT2D eigenvalue weighted by Crippen LogP contribution is -2.29. The first-order valence-electron chi connectivity index (χ1n) is 8.84. The van der Waals surface area contributed by atoms with Gasteiger partial charge in [0.15, 0.2) is 5.13 Å². The van der Waals surface area contributed by atoms with Gasteiger partial charge in [-0.2, -0.15) is 0 Å².